The van der Waals surface area contributed by atoms with Crippen molar-refractivity contribution in [2.45, 2.75) is 20.0 Å². The van der Waals surface area contributed by atoms with Gasteiger partial charge in [-0.3, -0.25) is 0 Å². The number of rotatable bonds is 1. The molecule has 0 fully saturated rings. The van der Waals surface area contributed by atoms with Gasteiger partial charge >= 0.3 is 0 Å². The van der Waals surface area contributed by atoms with E-state index in [-0.39, 0.29) is 0 Å². The fourth-order valence-corrected chi connectivity index (χ4v) is 2.02. The van der Waals surface area contributed by atoms with Crippen LogP contribution in [0.5, 0.6) is 0 Å². The molecule has 1 N–H and O–H groups in total. The lowest BCUT2D eigenvalue weighted by Gasteiger charge is -2.05. The molecule has 0 aliphatic carbocycles. The number of fused-ring (bicyclic) bond motifs is 1. The van der Waals surface area contributed by atoms with Crippen molar-refractivity contribution in [2.24, 2.45) is 7.05 Å². The van der Waals surface area contributed by atoms with Crippen LogP contribution >= 0.6 is 0 Å². The van der Waals surface area contributed by atoms with Crippen molar-refractivity contribution in [2.75, 3.05) is 0 Å². The molecule has 1 aliphatic heterocycles. The largest absolute Gasteiger partial charge is 0.331 e. The first kappa shape index (κ1) is 9.47. The van der Waals surface area contributed by atoms with Crippen molar-refractivity contribution < 1.29 is 0 Å². The molecular formula is C11H13N5. The number of aryl methyl sites for hydroxylation is 2. The lowest BCUT2D eigenvalue weighted by molar-refractivity contribution is 0.756. The molecule has 0 atom stereocenters. The minimum atomic E-state index is 0.715. The van der Waals surface area contributed by atoms with Crippen LogP contribution in [0.2, 0.25) is 0 Å². The summed E-state index contributed by atoms with van der Waals surface area (Å²) in [4.78, 5) is 13.3. The molecule has 3 heterocycles. The van der Waals surface area contributed by atoms with Gasteiger partial charge in [-0.1, -0.05) is 0 Å². The van der Waals surface area contributed by atoms with Crippen LogP contribution in [0, 0.1) is 6.92 Å². The van der Waals surface area contributed by atoms with E-state index in [9.17, 15) is 0 Å². The van der Waals surface area contributed by atoms with Crippen molar-refractivity contribution in [3.63, 3.8) is 0 Å². The molecule has 0 bridgehead atoms. The second kappa shape index (κ2) is 3.38. The molecular weight excluding hydrogens is 202 g/mol. The lowest BCUT2D eigenvalue weighted by atomic mass is 10.2. The Morgan fingerprint density at radius 3 is 2.94 bits per heavy atom. The highest BCUT2D eigenvalue weighted by Crippen LogP contribution is 2.20. The molecule has 0 saturated heterocycles. The van der Waals surface area contributed by atoms with Crippen LogP contribution in [0.4, 0.5) is 0 Å². The quantitative estimate of drug-likeness (QED) is 0.764. The first-order valence-electron chi connectivity index (χ1n) is 5.30. The monoisotopic (exact) mass is 215 g/mol. The summed E-state index contributed by atoms with van der Waals surface area (Å²) in [5, 5.41) is 3.29. The molecule has 1 aliphatic rings. The van der Waals surface area contributed by atoms with Gasteiger partial charge in [0.1, 0.15) is 0 Å². The molecule has 5 heteroatoms. The van der Waals surface area contributed by atoms with Crippen molar-refractivity contribution in [1.82, 2.24) is 24.8 Å². The van der Waals surface area contributed by atoms with Gasteiger partial charge in [-0.05, 0) is 6.92 Å². The summed E-state index contributed by atoms with van der Waals surface area (Å²) in [6.07, 6.45) is 3.67. The molecule has 0 unspecified atom stereocenters. The molecule has 3 rings (SSSR count). The predicted molar refractivity (Wildman–Crippen MR) is 59.5 cm³/mol. The molecule has 0 radical (unpaired) electrons. The Morgan fingerprint density at radius 1 is 1.31 bits per heavy atom. The van der Waals surface area contributed by atoms with E-state index in [0.29, 0.717) is 5.82 Å². The van der Waals surface area contributed by atoms with Gasteiger partial charge in [-0.15, -0.1) is 0 Å². The fourth-order valence-electron chi connectivity index (χ4n) is 2.02. The van der Waals surface area contributed by atoms with Crippen molar-refractivity contribution >= 4 is 0 Å². The van der Waals surface area contributed by atoms with Crippen LogP contribution in [0.15, 0.2) is 12.4 Å². The van der Waals surface area contributed by atoms with Gasteiger partial charge in [0.25, 0.3) is 0 Å². The van der Waals surface area contributed by atoms with Gasteiger partial charge in [0, 0.05) is 43.8 Å². The average molecular weight is 215 g/mol. The normalized spacial score (nSPS) is 14.1. The number of nitrogens with zero attached hydrogens (tertiary/aromatic N) is 4. The molecule has 2 aromatic rings. The summed E-state index contributed by atoms with van der Waals surface area (Å²) >= 11 is 0. The molecule has 0 spiro atoms. The Labute approximate surface area is 93.6 Å². The molecule has 82 valence electrons. The highest BCUT2D eigenvalue weighted by molar-refractivity contribution is 5.46. The summed E-state index contributed by atoms with van der Waals surface area (Å²) in [5.74, 6) is 1.53. The van der Waals surface area contributed by atoms with Gasteiger partial charge in [0.15, 0.2) is 11.6 Å². The minimum absolute atomic E-state index is 0.715. The van der Waals surface area contributed by atoms with E-state index in [1.54, 1.807) is 6.20 Å². The second-order valence-corrected chi connectivity index (χ2v) is 4.02. The van der Waals surface area contributed by atoms with Gasteiger partial charge in [-0.25, -0.2) is 15.0 Å². The van der Waals surface area contributed by atoms with E-state index >= 15 is 0 Å². The molecule has 0 saturated carbocycles. The van der Waals surface area contributed by atoms with Crippen LogP contribution in [0.25, 0.3) is 11.6 Å². The Hall–Kier alpha value is -1.75. The number of hydrogen-bond acceptors (Lipinski definition) is 4. The Balaban J connectivity index is 2.17. The number of imidazole rings is 1. The summed E-state index contributed by atoms with van der Waals surface area (Å²) in [7, 11) is 1.95. The maximum atomic E-state index is 4.56. The SMILES string of the molecule is Cc1nc(-c2nccn2C)nc2c1CNC2. The summed E-state index contributed by atoms with van der Waals surface area (Å²) in [6.45, 7) is 3.73. The third-order valence-corrected chi connectivity index (χ3v) is 2.91. The van der Waals surface area contributed by atoms with Crippen molar-refractivity contribution in [1.29, 1.82) is 0 Å². The third-order valence-electron chi connectivity index (χ3n) is 2.91. The summed E-state index contributed by atoms with van der Waals surface area (Å²) in [6, 6.07) is 0. The van der Waals surface area contributed by atoms with Crippen molar-refractivity contribution in [3.8, 4) is 11.6 Å². The first-order chi connectivity index (χ1) is 7.75. The van der Waals surface area contributed by atoms with Gasteiger partial charge in [0.2, 0.25) is 0 Å². The molecule has 5 nitrogen and oxygen atoms in total. The molecule has 0 amide bonds. The van der Waals surface area contributed by atoms with Gasteiger partial charge in [-0.2, -0.15) is 0 Å². The van der Waals surface area contributed by atoms with Crippen LogP contribution in [-0.4, -0.2) is 19.5 Å². The van der Waals surface area contributed by atoms with Crippen LogP contribution in [0.1, 0.15) is 17.0 Å². The van der Waals surface area contributed by atoms with E-state index in [2.05, 4.69) is 20.3 Å². The number of nitrogens with one attached hydrogen (secondary N) is 1. The summed E-state index contributed by atoms with van der Waals surface area (Å²) in [5.41, 5.74) is 3.39. The van der Waals surface area contributed by atoms with E-state index < -0.39 is 0 Å². The first-order valence-corrected chi connectivity index (χ1v) is 5.30. The third kappa shape index (κ3) is 1.32. The minimum Gasteiger partial charge on any atom is -0.331 e. The summed E-state index contributed by atoms with van der Waals surface area (Å²) < 4.78 is 1.93. The van der Waals surface area contributed by atoms with Crippen molar-refractivity contribution in [3.05, 3.63) is 29.3 Å². The van der Waals surface area contributed by atoms with Crippen LogP contribution < -0.4 is 5.32 Å². The van der Waals surface area contributed by atoms with E-state index in [0.717, 1.165) is 30.3 Å². The van der Waals surface area contributed by atoms with Gasteiger partial charge in [0.05, 0.1) is 5.69 Å². The van der Waals surface area contributed by atoms with Crippen LogP contribution in [0.3, 0.4) is 0 Å². The maximum absolute atomic E-state index is 4.56. The van der Waals surface area contributed by atoms with E-state index in [1.165, 1.54) is 5.56 Å². The molecule has 0 aromatic carbocycles. The topological polar surface area (TPSA) is 55.6 Å². The number of aromatic nitrogens is 4. The second-order valence-electron chi connectivity index (χ2n) is 4.02. The zero-order valence-electron chi connectivity index (χ0n) is 9.36. The maximum Gasteiger partial charge on any atom is 0.196 e. The predicted octanol–water partition coefficient (Wildman–Crippen LogP) is 0.789. The Morgan fingerprint density at radius 2 is 2.19 bits per heavy atom. The number of hydrogen-bond donors (Lipinski definition) is 1. The highest BCUT2D eigenvalue weighted by Gasteiger charge is 2.18. The van der Waals surface area contributed by atoms with Crippen LogP contribution in [-0.2, 0) is 20.1 Å². The smallest absolute Gasteiger partial charge is 0.196 e. The van der Waals surface area contributed by atoms with E-state index in [4.69, 9.17) is 0 Å². The average Bonchev–Trinajstić information content (AvgIpc) is 2.85. The standard InChI is InChI=1S/C11H13N5/c1-7-8-5-12-6-9(8)15-10(14-7)11-13-3-4-16(11)2/h3-4,12H,5-6H2,1-2H3. The zero-order chi connectivity index (χ0) is 11.1. The fraction of sp³-hybridized carbons (Fsp3) is 0.364. The lowest BCUT2D eigenvalue weighted by Crippen LogP contribution is -2.03. The zero-order valence-corrected chi connectivity index (χ0v) is 9.36. The Kier molecular flexibility index (Phi) is 2.00. The van der Waals surface area contributed by atoms with E-state index in [1.807, 2.05) is 24.7 Å². The molecule has 2 aromatic heterocycles. The Bertz CT molecular complexity index is 543. The molecule has 16 heavy (non-hydrogen) atoms. The highest BCUT2D eigenvalue weighted by atomic mass is 15.1. The van der Waals surface area contributed by atoms with Gasteiger partial charge < -0.3 is 9.88 Å².